The molecule has 2 rings (SSSR count). The largest absolute Gasteiger partial charge is 0.370 e. The quantitative estimate of drug-likeness (QED) is 0.466. The van der Waals surface area contributed by atoms with Crippen LogP contribution >= 0.6 is 15.9 Å². The summed E-state index contributed by atoms with van der Waals surface area (Å²) in [6.07, 6.45) is 0. The van der Waals surface area contributed by atoms with Crippen molar-refractivity contribution in [2.75, 3.05) is 0 Å². The number of para-hydroxylation sites is 1. The van der Waals surface area contributed by atoms with Crippen LogP contribution in [0.15, 0.2) is 51.8 Å². The first-order valence-corrected chi connectivity index (χ1v) is 7.95. The summed E-state index contributed by atoms with van der Waals surface area (Å²) in [6.45, 7) is 1.82. The van der Waals surface area contributed by atoms with Crippen molar-refractivity contribution in [3.05, 3.63) is 62.6 Å². The molecule has 0 saturated carbocycles. The molecule has 2 aromatic carbocycles. The van der Waals surface area contributed by atoms with Gasteiger partial charge >= 0.3 is 15.8 Å². The van der Waals surface area contributed by atoms with Crippen LogP contribution in [0.3, 0.4) is 0 Å². The number of nitro groups is 1. The molecule has 0 aliphatic carbocycles. The predicted octanol–water partition coefficient (Wildman–Crippen LogP) is 3.43. The van der Waals surface area contributed by atoms with Crippen molar-refractivity contribution < 1.29 is 17.5 Å². The zero-order valence-corrected chi connectivity index (χ0v) is 13.2. The Balaban J connectivity index is 2.46. The average molecular weight is 372 g/mol. The highest BCUT2D eigenvalue weighted by Crippen LogP contribution is 2.36. The highest BCUT2D eigenvalue weighted by atomic mass is 79.9. The third-order valence-corrected chi connectivity index (χ3v) is 4.51. The normalized spacial score (nSPS) is 11.1. The molecule has 0 N–H and O–H groups in total. The van der Waals surface area contributed by atoms with E-state index in [0.717, 1.165) is 5.56 Å². The van der Waals surface area contributed by atoms with Crippen molar-refractivity contribution in [1.82, 2.24) is 0 Å². The number of halogens is 1. The molecule has 0 radical (unpaired) electrons. The Kier molecular flexibility index (Phi) is 4.29. The Labute approximate surface area is 129 Å². The molecule has 0 atom stereocenters. The summed E-state index contributed by atoms with van der Waals surface area (Å²) < 4.78 is 29.5. The van der Waals surface area contributed by atoms with Gasteiger partial charge in [0.05, 0.1) is 9.40 Å². The maximum Gasteiger partial charge on any atom is 0.339 e. The van der Waals surface area contributed by atoms with Crippen LogP contribution in [0.2, 0.25) is 0 Å². The van der Waals surface area contributed by atoms with Crippen LogP contribution < -0.4 is 4.18 Å². The SMILES string of the molecule is Cc1ccc(S(=O)(=O)Oc2c(Br)cccc2[N+](=O)[O-])cc1. The highest BCUT2D eigenvalue weighted by Gasteiger charge is 2.25. The lowest BCUT2D eigenvalue weighted by molar-refractivity contribution is -0.385. The summed E-state index contributed by atoms with van der Waals surface area (Å²) in [4.78, 5) is 10.2. The van der Waals surface area contributed by atoms with Gasteiger partial charge in [-0.3, -0.25) is 10.1 Å². The van der Waals surface area contributed by atoms with Gasteiger partial charge in [0.25, 0.3) is 0 Å². The first-order chi connectivity index (χ1) is 9.81. The predicted molar refractivity (Wildman–Crippen MR) is 79.8 cm³/mol. The Hall–Kier alpha value is -1.93. The van der Waals surface area contributed by atoms with Crippen LogP contribution in [0.25, 0.3) is 0 Å². The van der Waals surface area contributed by atoms with Crippen molar-refractivity contribution >= 4 is 31.7 Å². The van der Waals surface area contributed by atoms with E-state index in [9.17, 15) is 18.5 Å². The molecule has 2 aromatic rings. The molecule has 8 heteroatoms. The first kappa shape index (κ1) is 15.5. The van der Waals surface area contributed by atoms with E-state index in [2.05, 4.69) is 15.9 Å². The minimum Gasteiger partial charge on any atom is -0.370 e. The van der Waals surface area contributed by atoms with E-state index in [1.54, 1.807) is 12.1 Å². The zero-order valence-electron chi connectivity index (χ0n) is 10.8. The summed E-state index contributed by atoms with van der Waals surface area (Å²) in [6, 6.07) is 10.1. The van der Waals surface area contributed by atoms with Crippen molar-refractivity contribution in [2.24, 2.45) is 0 Å². The number of hydrogen-bond acceptors (Lipinski definition) is 5. The molecule has 0 amide bonds. The van der Waals surface area contributed by atoms with E-state index in [1.165, 1.54) is 30.3 Å². The zero-order chi connectivity index (χ0) is 15.6. The van der Waals surface area contributed by atoms with Gasteiger partial charge in [-0.05, 0) is 41.1 Å². The molecule has 6 nitrogen and oxygen atoms in total. The van der Waals surface area contributed by atoms with E-state index in [1.807, 2.05) is 6.92 Å². The monoisotopic (exact) mass is 371 g/mol. The molecular formula is C13H10BrNO5S. The van der Waals surface area contributed by atoms with E-state index in [-0.39, 0.29) is 15.1 Å². The van der Waals surface area contributed by atoms with E-state index in [0.29, 0.717) is 0 Å². The van der Waals surface area contributed by atoms with E-state index >= 15 is 0 Å². The molecule has 0 saturated heterocycles. The van der Waals surface area contributed by atoms with Gasteiger partial charge in [-0.1, -0.05) is 23.8 Å². The summed E-state index contributed by atoms with van der Waals surface area (Å²) >= 11 is 3.06. The smallest absolute Gasteiger partial charge is 0.339 e. The molecule has 0 bridgehead atoms. The third kappa shape index (κ3) is 3.40. The van der Waals surface area contributed by atoms with E-state index < -0.39 is 20.7 Å². The second-order valence-corrected chi connectivity index (χ2v) is 6.60. The lowest BCUT2D eigenvalue weighted by Crippen LogP contribution is -2.11. The standard InChI is InChI=1S/C13H10BrNO5S/c1-9-5-7-10(8-6-9)21(18,19)20-13-11(14)3-2-4-12(13)15(16)17/h2-8H,1H3. The van der Waals surface area contributed by atoms with Crippen LogP contribution in [0.5, 0.6) is 5.75 Å². The second-order valence-electron chi connectivity index (χ2n) is 4.20. The molecule has 0 aliphatic rings. The Morgan fingerprint density at radius 2 is 1.76 bits per heavy atom. The molecule has 0 fully saturated rings. The second kappa shape index (κ2) is 5.82. The maximum atomic E-state index is 12.2. The minimum atomic E-state index is -4.14. The van der Waals surface area contributed by atoms with Gasteiger partial charge in [-0.15, -0.1) is 0 Å². The van der Waals surface area contributed by atoms with Gasteiger partial charge in [-0.2, -0.15) is 8.42 Å². The highest BCUT2D eigenvalue weighted by molar-refractivity contribution is 9.10. The first-order valence-electron chi connectivity index (χ1n) is 5.75. The molecule has 110 valence electrons. The van der Waals surface area contributed by atoms with Crippen LogP contribution in [0.4, 0.5) is 5.69 Å². The van der Waals surface area contributed by atoms with Gasteiger partial charge in [-0.25, -0.2) is 0 Å². The molecule has 0 spiro atoms. The number of aryl methyl sites for hydroxylation is 1. The fourth-order valence-corrected chi connectivity index (χ4v) is 3.09. The van der Waals surface area contributed by atoms with E-state index in [4.69, 9.17) is 4.18 Å². The van der Waals surface area contributed by atoms with Crippen LogP contribution in [0.1, 0.15) is 5.56 Å². The number of rotatable bonds is 4. The van der Waals surface area contributed by atoms with Gasteiger partial charge in [0.2, 0.25) is 5.75 Å². The van der Waals surface area contributed by atoms with Crippen molar-refractivity contribution in [3.63, 3.8) is 0 Å². The van der Waals surface area contributed by atoms with Crippen LogP contribution in [0, 0.1) is 17.0 Å². The number of benzene rings is 2. The Bertz CT molecular complexity index is 787. The lowest BCUT2D eigenvalue weighted by atomic mass is 10.2. The van der Waals surface area contributed by atoms with Gasteiger partial charge in [0, 0.05) is 6.07 Å². The summed E-state index contributed by atoms with van der Waals surface area (Å²) in [5.41, 5.74) is 0.459. The summed E-state index contributed by atoms with van der Waals surface area (Å²) in [5, 5.41) is 11.0. The maximum absolute atomic E-state index is 12.2. The molecule has 0 unspecified atom stereocenters. The summed E-state index contributed by atoms with van der Waals surface area (Å²) in [5.74, 6) is -0.344. The minimum absolute atomic E-state index is 0.0712. The lowest BCUT2D eigenvalue weighted by Gasteiger charge is -2.09. The number of hydrogen-bond donors (Lipinski definition) is 0. The average Bonchev–Trinajstić information content (AvgIpc) is 2.41. The third-order valence-electron chi connectivity index (χ3n) is 2.65. The number of nitro benzene ring substituents is 1. The topological polar surface area (TPSA) is 86.5 Å². The molecule has 0 aromatic heterocycles. The van der Waals surface area contributed by atoms with Gasteiger partial charge in [0.15, 0.2) is 0 Å². The van der Waals surface area contributed by atoms with Gasteiger partial charge in [0.1, 0.15) is 4.90 Å². The van der Waals surface area contributed by atoms with Crippen molar-refractivity contribution in [3.8, 4) is 5.75 Å². The Morgan fingerprint density at radius 3 is 2.33 bits per heavy atom. The molecule has 0 aliphatic heterocycles. The van der Waals surface area contributed by atoms with Crippen molar-refractivity contribution in [1.29, 1.82) is 0 Å². The molecular weight excluding hydrogens is 362 g/mol. The Morgan fingerprint density at radius 1 is 1.14 bits per heavy atom. The molecule has 21 heavy (non-hydrogen) atoms. The fourth-order valence-electron chi connectivity index (χ4n) is 1.59. The van der Waals surface area contributed by atoms with Gasteiger partial charge < -0.3 is 4.18 Å². The number of nitrogens with zero attached hydrogens (tertiary/aromatic N) is 1. The fraction of sp³-hybridized carbons (Fsp3) is 0.0769. The van der Waals surface area contributed by atoms with Crippen LogP contribution in [-0.2, 0) is 10.1 Å². The van der Waals surface area contributed by atoms with Crippen LogP contribution in [-0.4, -0.2) is 13.3 Å². The molecule has 0 heterocycles. The summed E-state index contributed by atoms with van der Waals surface area (Å²) in [7, 11) is -4.14. The van der Waals surface area contributed by atoms with Crippen molar-refractivity contribution in [2.45, 2.75) is 11.8 Å².